The van der Waals surface area contributed by atoms with E-state index in [0.29, 0.717) is 0 Å². The van der Waals surface area contributed by atoms with E-state index in [1.165, 1.54) is 24.3 Å². The van der Waals surface area contributed by atoms with Gasteiger partial charge in [0, 0.05) is 5.02 Å². The van der Waals surface area contributed by atoms with Crippen molar-refractivity contribution in [1.29, 1.82) is 0 Å². The molecule has 0 aromatic heterocycles. The summed E-state index contributed by atoms with van der Waals surface area (Å²) in [5.41, 5.74) is 0.672. The highest BCUT2D eigenvalue weighted by Crippen LogP contribution is 2.22. The molecule has 0 saturated carbocycles. The third-order valence-electron chi connectivity index (χ3n) is 2.48. The fraction of sp³-hybridized carbons (Fsp3) is 0.0769. The van der Waals surface area contributed by atoms with Crippen molar-refractivity contribution < 1.29 is 12.8 Å². The van der Waals surface area contributed by atoms with E-state index >= 15 is 0 Å². The molecular weight excluding hydrogens is 289 g/mol. The summed E-state index contributed by atoms with van der Waals surface area (Å²) in [6.07, 6.45) is 0. The summed E-state index contributed by atoms with van der Waals surface area (Å²) in [4.78, 5) is 0.0850. The molecule has 1 N–H and O–H groups in total. The zero-order valence-corrected chi connectivity index (χ0v) is 11.6. The third-order valence-corrected chi connectivity index (χ3v) is 4.07. The zero-order chi connectivity index (χ0) is 14.0. The van der Waals surface area contributed by atoms with E-state index in [9.17, 15) is 12.8 Å². The van der Waals surface area contributed by atoms with E-state index in [1.807, 2.05) is 0 Å². The van der Waals surface area contributed by atoms with Crippen LogP contribution in [0.1, 0.15) is 5.56 Å². The molecule has 0 amide bonds. The second-order valence-electron chi connectivity index (χ2n) is 4.05. The van der Waals surface area contributed by atoms with E-state index < -0.39 is 15.8 Å². The number of hydrogen-bond acceptors (Lipinski definition) is 2. The first kappa shape index (κ1) is 13.8. The van der Waals surface area contributed by atoms with Crippen LogP contribution < -0.4 is 4.72 Å². The maximum absolute atomic E-state index is 13.6. The Morgan fingerprint density at radius 1 is 1.16 bits per heavy atom. The first-order valence-electron chi connectivity index (χ1n) is 5.43. The molecule has 2 rings (SSSR count). The van der Waals surface area contributed by atoms with E-state index in [1.54, 1.807) is 19.1 Å². The van der Waals surface area contributed by atoms with Crippen LogP contribution in [-0.4, -0.2) is 8.42 Å². The van der Waals surface area contributed by atoms with Crippen molar-refractivity contribution >= 4 is 27.3 Å². The summed E-state index contributed by atoms with van der Waals surface area (Å²) in [6.45, 7) is 1.78. The normalized spacial score (nSPS) is 11.3. The SMILES string of the molecule is Cc1cccc(S(=O)(=O)Nc2ccc(Cl)cc2F)c1. The fourth-order valence-electron chi connectivity index (χ4n) is 1.56. The molecule has 0 unspecified atom stereocenters. The first-order valence-corrected chi connectivity index (χ1v) is 7.29. The lowest BCUT2D eigenvalue weighted by Gasteiger charge is -2.09. The number of nitrogens with one attached hydrogen (secondary N) is 1. The molecule has 19 heavy (non-hydrogen) atoms. The van der Waals surface area contributed by atoms with E-state index in [0.717, 1.165) is 11.6 Å². The smallest absolute Gasteiger partial charge is 0.261 e. The maximum Gasteiger partial charge on any atom is 0.261 e. The van der Waals surface area contributed by atoms with Crippen LogP contribution in [-0.2, 0) is 10.0 Å². The highest BCUT2D eigenvalue weighted by molar-refractivity contribution is 7.92. The molecule has 0 aliphatic carbocycles. The van der Waals surface area contributed by atoms with Crippen molar-refractivity contribution in [2.45, 2.75) is 11.8 Å². The molecule has 0 heterocycles. The van der Waals surface area contributed by atoms with Crippen LogP contribution in [0, 0.1) is 12.7 Å². The highest BCUT2D eigenvalue weighted by Gasteiger charge is 2.16. The second-order valence-corrected chi connectivity index (χ2v) is 6.17. The topological polar surface area (TPSA) is 46.2 Å². The van der Waals surface area contributed by atoms with Gasteiger partial charge in [0.25, 0.3) is 10.0 Å². The zero-order valence-electron chi connectivity index (χ0n) is 10.0. The fourth-order valence-corrected chi connectivity index (χ4v) is 2.89. The molecule has 2 aromatic carbocycles. The predicted molar refractivity (Wildman–Crippen MR) is 73.4 cm³/mol. The van der Waals surface area contributed by atoms with Gasteiger partial charge < -0.3 is 0 Å². The van der Waals surface area contributed by atoms with Gasteiger partial charge in [-0.2, -0.15) is 0 Å². The second kappa shape index (κ2) is 5.19. The monoisotopic (exact) mass is 299 g/mol. The molecule has 0 saturated heterocycles. The lowest BCUT2D eigenvalue weighted by molar-refractivity contribution is 0.598. The predicted octanol–water partition coefficient (Wildman–Crippen LogP) is 3.59. The van der Waals surface area contributed by atoms with Gasteiger partial charge in [0.1, 0.15) is 5.82 Å². The van der Waals surface area contributed by atoms with Crippen LogP contribution in [0.25, 0.3) is 0 Å². The van der Waals surface area contributed by atoms with Crippen molar-refractivity contribution in [1.82, 2.24) is 0 Å². The quantitative estimate of drug-likeness (QED) is 0.941. The first-order chi connectivity index (χ1) is 8.88. The van der Waals surface area contributed by atoms with Crippen molar-refractivity contribution in [3.63, 3.8) is 0 Å². The standard InChI is InChI=1S/C13H11ClFNO2S/c1-9-3-2-4-11(7-9)19(17,18)16-13-6-5-10(14)8-12(13)15/h2-8,16H,1H3. The summed E-state index contributed by atoms with van der Waals surface area (Å²) < 4.78 is 39.9. The minimum atomic E-state index is -3.80. The van der Waals surface area contributed by atoms with Gasteiger partial charge in [-0.25, -0.2) is 12.8 Å². The lowest BCUT2D eigenvalue weighted by atomic mass is 10.2. The van der Waals surface area contributed by atoms with Crippen LogP contribution in [0.15, 0.2) is 47.4 Å². The van der Waals surface area contributed by atoms with Gasteiger partial charge in [-0.05, 0) is 42.8 Å². The number of rotatable bonds is 3. The van der Waals surface area contributed by atoms with E-state index in [-0.39, 0.29) is 15.6 Å². The summed E-state index contributed by atoms with van der Waals surface area (Å²) in [5, 5.41) is 0.205. The van der Waals surface area contributed by atoms with Gasteiger partial charge in [-0.1, -0.05) is 23.7 Å². The Balaban J connectivity index is 2.36. The van der Waals surface area contributed by atoms with Gasteiger partial charge in [0.05, 0.1) is 10.6 Å². The number of halogens is 2. The van der Waals surface area contributed by atoms with E-state index in [4.69, 9.17) is 11.6 Å². The number of hydrogen-bond donors (Lipinski definition) is 1. The Labute approximate surface area is 116 Å². The van der Waals surface area contributed by atoms with Crippen LogP contribution in [0.4, 0.5) is 10.1 Å². The van der Waals surface area contributed by atoms with Crippen LogP contribution in [0.3, 0.4) is 0 Å². The molecule has 0 spiro atoms. The molecular formula is C13H11ClFNO2S. The van der Waals surface area contributed by atoms with Crippen LogP contribution in [0.2, 0.25) is 5.02 Å². The molecule has 0 fully saturated rings. The minimum absolute atomic E-state index is 0.0850. The number of anilines is 1. The minimum Gasteiger partial charge on any atom is -0.277 e. The number of benzene rings is 2. The van der Waals surface area contributed by atoms with Crippen LogP contribution in [0.5, 0.6) is 0 Å². The Bertz CT molecular complexity index is 716. The lowest BCUT2D eigenvalue weighted by Crippen LogP contribution is -2.14. The van der Waals surface area contributed by atoms with Gasteiger partial charge in [0.2, 0.25) is 0 Å². The van der Waals surface area contributed by atoms with Crippen LogP contribution >= 0.6 is 11.6 Å². The third kappa shape index (κ3) is 3.24. The van der Waals surface area contributed by atoms with Crippen molar-refractivity contribution in [2.75, 3.05) is 4.72 Å². The summed E-state index contributed by atoms with van der Waals surface area (Å²) in [5.74, 6) is -0.719. The van der Waals surface area contributed by atoms with Crippen molar-refractivity contribution in [3.05, 3.63) is 58.9 Å². The summed E-state index contributed by atoms with van der Waals surface area (Å²) in [7, 11) is -3.80. The van der Waals surface area contributed by atoms with E-state index in [2.05, 4.69) is 4.72 Å². The average molecular weight is 300 g/mol. The van der Waals surface area contributed by atoms with Crippen molar-refractivity contribution in [2.24, 2.45) is 0 Å². The number of aryl methyl sites for hydroxylation is 1. The Morgan fingerprint density at radius 3 is 2.53 bits per heavy atom. The summed E-state index contributed by atoms with van der Waals surface area (Å²) >= 11 is 5.61. The summed E-state index contributed by atoms with van der Waals surface area (Å²) in [6, 6.07) is 10.1. The molecule has 0 radical (unpaired) electrons. The Hall–Kier alpha value is -1.59. The largest absolute Gasteiger partial charge is 0.277 e. The average Bonchev–Trinajstić information content (AvgIpc) is 2.33. The Kier molecular flexibility index (Phi) is 3.78. The molecule has 3 nitrogen and oxygen atoms in total. The molecule has 6 heteroatoms. The molecule has 0 bridgehead atoms. The van der Waals surface area contributed by atoms with Gasteiger partial charge in [0.15, 0.2) is 0 Å². The molecule has 0 aliphatic heterocycles. The van der Waals surface area contributed by atoms with Gasteiger partial charge >= 0.3 is 0 Å². The molecule has 0 aliphatic rings. The number of sulfonamides is 1. The Morgan fingerprint density at radius 2 is 1.89 bits per heavy atom. The molecule has 100 valence electrons. The molecule has 2 aromatic rings. The van der Waals surface area contributed by atoms with Gasteiger partial charge in [-0.3, -0.25) is 4.72 Å². The molecule has 0 atom stereocenters. The van der Waals surface area contributed by atoms with Gasteiger partial charge in [-0.15, -0.1) is 0 Å². The maximum atomic E-state index is 13.6. The van der Waals surface area contributed by atoms with Crippen molar-refractivity contribution in [3.8, 4) is 0 Å². The highest BCUT2D eigenvalue weighted by atomic mass is 35.5.